The van der Waals surface area contributed by atoms with Gasteiger partial charge in [0.1, 0.15) is 42.8 Å². The van der Waals surface area contributed by atoms with Gasteiger partial charge in [0.25, 0.3) is 0 Å². The van der Waals surface area contributed by atoms with E-state index in [0.29, 0.717) is 44.0 Å². The van der Waals surface area contributed by atoms with Crippen LogP contribution in [-0.2, 0) is 13.1 Å². The zero-order valence-corrected chi connectivity index (χ0v) is 32.8. The van der Waals surface area contributed by atoms with Crippen LogP contribution in [0.2, 0.25) is 10.0 Å². The number of nitrogens with zero attached hydrogens (tertiary/aromatic N) is 4. The molecule has 0 aliphatic heterocycles. The van der Waals surface area contributed by atoms with Crippen molar-refractivity contribution in [2.24, 2.45) is 0 Å². The summed E-state index contributed by atoms with van der Waals surface area (Å²) in [6.07, 6.45) is 0. The predicted octanol–water partition coefficient (Wildman–Crippen LogP) is 10.2. The first-order valence-electron chi connectivity index (χ1n) is 14.1. The van der Waals surface area contributed by atoms with Gasteiger partial charge in [-0.25, -0.2) is 15.0 Å². The molecule has 2 aromatic carbocycles. The molecule has 4 N–H and O–H groups in total. The average molecular weight is 870 g/mol. The van der Waals surface area contributed by atoms with E-state index >= 15 is 0 Å². The molecule has 8 nitrogen and oxygen atoms in total. The number of anilines is 3. The largest absolute Gasteiger partial charge is 0.497 e. The fourth-order valence-electron chi connectivity index (χ4n) is 4.18. The highest BCUT2D eigenvalue weighted by Crippen LogP contribution is 2.30. The second-order valence-electron chi connectivity index (χ2n) is 10.3. The molecule has 0 atom stereocenters. The number of aromatic nitrogens is 3. The molecular weight excluding hydrogens is 835 g/mol. The van der Waals surface area contributed by atoms with E-state index in [4.69, 9.17) is 44.1 Å². The first-order valence-corrected chi connectivity index (χ1v) is 17.2. The maximum atomic E-state index is 6.29. The van der Waals surface area contributed by atoms with E-state index in [0.717, 1.165) is 38.6 Å². The number of nitrogens with two attached hydrogens (primary N) is 2. The number of methoxy groups -OCH3 is 2. The molecule has 0 amide bonds. The van der Waals surface area contributed by atoms with Gasteiger partial charge >= 0.3 is 0 Å². The van der Waals surface area contributed by atoms with Gasteiger partial charge in [0.2, 0.25) is 0 Å². The van der Waals surface area contributed by atoms with Gasteiger partial charge in [0, 0.05) is 13.1 Å². The number of hydrogen-bond acceptors (Lipinski definition) is 8. The number of aryl methyl sites for hydroxylation is 3. The Hall–Kier alpha value is -3.09. The van der Waals surface area contributed by atoms with E-state index in [1.165, 1.54) is 11.1 Å². The molecule has 248 valence electrons. The van der Waals surface area contributed by atoms with E-state index in [-0.39, 0.29) is 0 Å². The van der Waals surface area contributed by atoms with Crippen molar-refractivity contribution in [1.29, 1.82) is 0 Å². The molecule has 0 radical (unpaired) electrons. The van der Waals surface area contributed by atoms with Crippen LogP contribution in [0.3, 0.4) is 0 Å². The first kappa shape index (κ1) is 38.4. The Morgan fingerprint density at radius 3 is 1.49 bits per heavy atom. The lowest BCUT2D eigenvalue weighted by Crippen LogP contribution is -2.23. The highest BCUT2D eigenvalue weighted by Gasteiger charge is 2.14. The van der Waals surface area contributed by atoms with Crippen molar-refractivity contribution in [2.45, 2.75) is 33.9 Å². The zero-order chi connectivity index (χ0) is 34.7. The van der Waals surface area contributed by atoms with Crippen molar-refractivity contribution < 1.29 is 9.47 Å². The molecule has 3 aromatic heterocycles. The summed E-state index contributed by atoms with van der Waals surface area (Å²) < 4.78 is 12.6. The van der Waals surface area contributed by atoms with E-state index < -0.39 is 0 Å². The van der Waals surface area contributed by atoms with Crippen LogP contribution in [-0.4, -0.2) is 29.2 Å². The molecule has 13 heteroatoms. The highest BCUT2D eigenvalue weighted by atomic mass is 79.9. The molecule has 5 aromatic rings. The van der Waals surface area contributed by atoms with Gasteiger partial charge in [0.15, 0.2) is 0 Å². The number of benzene rings is 2. The topological polar surface area (TPSA) is 112 Å². The van der Waals surface area contributed by atoms with Crippen LogP contribution in [0, 0.1) is 20.8 Å². The molecule has 0 aliphatic rings. The van der Waals surface area contributed by atoms with Crippen LogP contribution in [0.5, 0.6) is 11.5 Å². The predicted molar refractivity (Wildman–Crippen MR) is 205 cm³/mol. The van der Waals surface area contributed by atoms with E-state index in [2.05, 4.69) is 91.9 Å². The molecule has 0 fully saturated rings. The van der Waals surface area contributed by atoms with Gasteiger partial charge in [-0.1, -0.05) is 47.5 Å². The third kappa shape index (κ3) is 12.1. The Bertz CT molecular complexity index is 1630. The summed E-state index contributed by atoms with van der Waals surface area (Å²) >= 11 is 21.9. The summed E-state index contributed by atoms with van der Waals surface area (Å²) in [5, 5.41) is 1.26. The van der Waals surface area contributed by atoms with E-state index in [1.807, 2.05) is 63.2 Å². The summed E-state index contributed by atoms with van der Waals surface area (Å²) in [6, 6.07) is 23.6. The monoisotopic (exact) mass is 866 g/mol. The lowest BCUT2D eigenvalue weighted by atomic mass is 10.1. The summed E-state index contributed by atoms with van der Waals surface area (Å²) in [6.45, 7) is 7.25. The third-order valence-electron chi connectivity index (χ3n) is 6.55. The highest BCUT2D eigenvalue weighted by molar-refractivity contribution is 9.11. The van der Waals surface area contributed by atoms with Gasteiger partial charge in [-0.05, 0) is 145 Å². The molecule has 0 aliphatic carbocycles. The van der Waals surface area contributed by atoms with Crippen molar-refractivity contribution >= 4 is 88.4 Å². The summed E-state index contributed by atoms with van der Waals surface area (Å²) in [4.78, 5) is 14.7. The van der Waals surface area contributed by atoms with Crippen molar-refractivity contribution in [3.8, 4) is 11.5 Å². The summed E-state index contributed by atoms with van der Waals surface area (Å²) in [5.74, 6) is 3.58. The van der Waals surface area contributed by atoms with Gasteiger partial charge < -0.3 is 25.8 Å². The fourth-order valence-corrected chi connectivity index (χ4v) is 5.95. The van der Waals surface area contributed by atoms with E-state index in [9.17, 15) is 0 Å². The first-order chi connectivity index (χ1) is 22.3. The van der Waals surface area contributed by atoms with Crippen molar-refractivity contribution in [1.82, 2.24) is 15.0 Å². The SMILES string of the molecule is COc1ccc(CN(Cc2ccc(OC)cc2)c2cc(C)c(Cl)c(Br)n2)cc1.Cc1cc(N)nc(Br)c1.Cc1cc(N)nc(Br)c1Cl. The van der Waals surface area contributed by atoms with Crippen molar-refractivity contribution in [3.05, 3.63) is 124 Å². The number of nitrogen functional groups attached to an aromatic ring is 2. The zero-order valence-electron chi connectivity index (χ0n) is 26.5. The van der Waals surface area contributed by atoms with Gasteiger partial charge in [-0.15, -0.1) is 0 Å². The standard InChI is InChI=1S/C22H22BrClN2O2.C6H6BrClN2.C6H7BrN2/c1-15-12-20(25-22(23)21(15)24)26(13-16-4-8-18(27-2)9-5-16)14-17-6-10-19(28-3)11-7-17;1-3-2-4(9)10-6(7)5(3)8;1-4-2-5(7)9-6(8)3-4/h4-12H,13-14H2,1-3H3;2H,1H3,(H2,9,10);2-3H,1H3,(H2,8,9). The van der Waals surface area contributed by atoms with Crippen LogP contribution in [0.4, 0.5) is 17.5 Å². The summed E-state index contributed by atoms with van der Waals surface area (Å²) in [7, 11) is 3.34. The van der Waals surface area contributed by atoms with Crippen LogP contribution in [0.15, 0.2) is 86.6 Å². The third-order valence-corrected chi connectivity index (χ3v) is 9.52. The van der Waals surface area contributed by atoms with Crippen LogP contribution < -0.4 is 25.8 Å². The molecule has 47 heavy (non-hydrogen) atoms. The van der Waals surface area contributed by atoms with Gasteiger partial charge in [0.05, 0.1) is 24.3 Å². The second-order valence-corrected chi connectivity index (χ2v) is 13.4. The van der Waals surface area contributed by atoms with Gasteiger partial charge in [-0.3, -0.25) is 0 Å². The molecule has 5 rings (SSSR count). The quantitative estimate of drug-likeness (QED) is 0.156. The number of pyridine rings is 3. The number of ether oxygens (including phenoxy) is 2. The molecular formula is C34H35Br3Cl2N6O2. The lowest BCUT2D eigenvalue weighted by molar-refractivity contribution is 0.414. The minimum absolute atomic E-state index is 0.480. The average Bonchev–Trinajstić information content (AvgIpc) is 3.02. The maximum absolute atomic E-state index is 6.29. The second kappa shape index (κ2) is 18.5. The Morgan fingerprint density at radius 1 is 0.638 bits per heavy atom. The molecule has 0 bridgehead atoms. The van der Waals surface area contributed by atoms with E-state index in [1.54, 1.807) is 20.3 Å². The Kier molecular flexibility index (Phi) is 15.1. The Morgan fingerprint density at radius 2 is 1.09 bits per heavy atom. The molecule has 3 heterocycles. The molecule has 0 spiro atoms. The summed E-state index contributed by atoms with van der Waals surface area (Å²) in [5.41, 5.74) is 16.2. The van der Waals surface area contributed by atoms with Crippen molar-refractivity contribution in [2.75, 3.05) is 30.6 Å². The number of hydrogen-bond donors (Lipinski definition) is 2. The Labute approximate surface area is 311 Å². The minimum atomic E-state index is 0.480. The molecule has 0 saturated heterocycles. The molecule has 0 unspecified atom stereocenters. The lowest BCUT2D eigenvalue weighted by Gasteiger charge is -2.25. The maximum Gasteiger partial charge on any atom is 0.130 e. The normalized spacial score (nSPS) is 10.3. The van der Waals surface area contributed by atoms with Crippen LogP contribution in [0.25, 0.3) is 0 Å². The minimum Gasteiger partial charge on any atom is -0.497 e. The van der Waals surface area contributed by atoms with Crippen LogP contribution in [0.1, 0.15) is 27.8 Å². The van der Waals surface area contributed by atoms with Crippen LogP contribution >= 0.6 is 71.0 Å². The molecule has 0 saturated carbocycles. The van der Waals surface area contributed by atoms with Gasteiger partial charge in [-0.2, -0.15) is 0 Å². The van der Waals surface area contributed by atoms with Crippen molar-refractivity contribution in [3.63, 3.8) is 0 Å². The number of halogens is 5. The smallest absolute Gasteiger partial charge is 0.130 e. The number of rotatable bonds is 7. The Balaban J connectivity index is 0.000000256. The fraction of sp³-hybridized carbons (Fsp3) is 0.206.